The number of benzene rings is 3. The van der Waals surface area contributed by atoms with Crippen LogP contribution < -0.4 is 10.0 Å². The maximum atomic E-state index is 13.4. The van der Waals surface area contributed by atoms with Gasteiger partial charge in [-0.1, -0.05) is 30.3 Å². The highest BCUT2D eigenvalue weighted by atomic mass is 32.2. The predicted molar refractivity (Wildman–Crippen MR) is 145 cm³/mol. The SMILES string of the molecule is CN(C(=O)c1ccc(F)cc1)[C@@H](Cc1ccccc1)C(=O)Nc1ccc(S(=O)(=O)NCc2ccnn2C)cc1. The van der Waals surface area contributed by atoms with Crippen molar-refractivity contribution < 1.29 is 22.4 Å². The zero-order valence-corrected chi connectivity index (χ0v) is 22.2. The van der Waals surface area contributed by atoms with Crippen molar-refractivity contribution in [2.45, 2.75) is 23.9 Å². The Morgan fingerprint density at radius 3 is 2.26 bits per heavy atom. The molecule has 2 N–H and O–H groups in total. The van der Waals surface area contributed by atoms with Crippen LogP contribution in [0.25, 0.3) is 0 Å². The first-order chi connectivity index (χ1) is 18.6. The molecule has 0 bridgehead atoms. The molecule has 0 aliphatic carbocycles. The smallest absolute Gasteiger partial charge is 0.254 e. The van der Waals surface area contributed by atoms with E-state index in [1.807, 2.05) is 30.3 Å². The van der Waals surface area contributed by atoms with E-state index in [1.54, 1.807) is 24.0 Å². The summed E-state index contributed by atoms with van der Waals surface area (Å²) in [6, 6.07) is 20.9. The van der Waals surface area contributed by atoms with Crippen molar-refractivity contribution in [1.29, 1.82) is 0 Å². The minimum absolute atomic E-state index is 0.0344. The lowest BCUT2D eigenvalue weighted by Gasteiger charge is -2.28. The topological polar surface area (TPSA) is 113 Å². The highest BCUT2D eigenvalue weighted by Gasteiger charge is 2.28. The van der Waals surface area contributed by atoms with Crippen LogP contribution in [-0.2, 0) is 34.8 Å². The molecule has 0 spiro atoms. The fraction of sp³-hybridized carbons (Fsp3) is 0.179. The van der Waals surface area contributed by atoms with Crippen molar-refractivity contribution in [2.24, 2.45) is 7.05 Å². The Morgan fingerprint density at radius 2 is 1.64 bits per heavy atom. The monoisotopic (exact) mass is 549 g/mol. The molecule has 11 heteroatoms. The van der Waals surface area contributed by atoms with Crippen LogP contribution in [0.4, 0.5) is 10.1 Å². The molecule has 0 aliphatic heterocycles. The van der Waals surface area contributed by atoms with Crippen LogP contribution >= 0.6 is 0 Å². The minimum Gasteiger partial charge on any atom is -0.329 e. The third kappa shape index (κ3) is 6.95. The maximum absolute atomic E-state index is 13.4. The van der Waals surface area contributed by atoms with Crippen LogP contribution in [0.3, 0.4) is 0 Å². The standard InChI is InChI=1S/C28H28FN5O4S/c1-33(28(36)21-8-10-22(29)11-9-21)26(18-20-6-4-3-5-7-20)27(35)32-23-12-14-25(15-13-23)39(37,38)31-19-24-16-17-30-34(24)2/h3-17,26,31H,18-19H2,1-2H3,(H,32,35)/t26-/m0/s1. The molecule has 0 saturated carbocycles. The second-order valence-corrected chi connectivity index (χ2v) is 10.7. The van der Waals surface area contributed by atoms with Crippen LogP contribution in [0.5, 0.6) is 0 Å². The summed E-state index contributed by atoms with van der Waals surface area (Å²) in [5.74, 6) is -1.36. The Bertz CT molecular complexity index is 1540. The van der Waals surface area contributed by atoms with E-state index in [2.05, 4.69) is 15.1 Å². The van der Waals surface area contributed by atoms with Gasteiger partial charge in [-0.3, -0.25) is 14.3 Å². The molecule has 1 atom stereocenters. The van der Waals surface area contributed by atoms with Crippen LogP contribution in [0.2, 0.25) is 0 Å². The number of hydrogen-bond donors (Lipinski definition) is 2. The van der Waals surface area contributed by atoms with Gasteiger partial charge in [0.1, 0.15) is 11.9 Å². The summed E-state index contributed by atoms with van der Waals surface area (Å²) in [6.07, 6.45) is 1.82. The van der Waals surface area contributed by atoms with E-state index in [0.29, 0.717) is 11.4 Å². The molecule has 0 radical (unpaired) electrons. The van der Waals surface area contributed by atoms with Crippen LogP contribution in [-0.4, -0.2) is 48.0 Å². The number of anilines is 1. The highest BCUT2D eigenvalue weighted by molar-refractivity contribution is 7.89. The number of aryl methyl sites for hydroxylation is 1. The van der Waals surface area contributed by atoms with Gasteiger partial charge in [-0.15, -0.1) is 0 Å². The van der Waals surface area contributed by atoms with E-state index < -0.39 is 33.7 Å². The van der Waals surface area contributed by atoms with Gasteiger partial charge in [-0.2, -0.15) is 5.10 Å². The van der Waals surface area contributed by atoms with E-state index >= 15 is 0 Å². The second-order valence-electron chi connectivity index (χ2n) is 8.91. The van der Waals surface area contributed by atoms with E-state index in [4.69, 9.17) is 0 Å². The first-order valence-electron chi connectivity index (χ1n) is 12.1. The summed E-state index contributed by atoms with van der Waals surface area (Å²) in [4.78, 5) is 27.9. The number of sulfonamides is 1. The third-order valence-corrected chi connectivity index (χ3v) is 7.67. The molecule has 4 rings (SSSR count). The van der Waals surface area contributed by atoms with Gasteiger partial charge in [0, 0.05) is 38.0 Å². The molecule has 0 fully saturated rings. The molecule has 39 heavy (non-hydrogen) atoms. The van der Waals surface area contributed by atoms with Gasteiger partial charge < -0.3 is 10.2 Å². The largest absolute Gasteiger partial charge is 0.329 e. The summed E-state index contributed by atoms with van der Waals surface area (Å²) < 4.78 is 42.9. The van der Waals surface area contributed by atoms with E-state index in [0.717, 1.165) is 5.56 Å². The van der Waals surface area contributed by atoms with Gasteiger partial charge >= 0.3 is 0 Å². The maximum Gasteiger partial charge on any atom is 0.254 e. The normalized spacial score (nSPS) is 12.1. The average molecular weight is 550 g/mol. The summed E-state index contributed by atoms with van der Waals surface area (Å²) >= 11 is 0. The van der Waals surface area contributed by atoms with E-state index in [9.17, 15) is 22.4 Å². The molecule has 4 aromatic rings. The number of carbonyl (C=O) groups is 2. The number of hydrogen-bond acceptors (Lipinski definition) is 5. The number of rotatable bonds is 10. The molecule has 0 unspecified atom stereocenters. The quantitative estimate of drug-likeness (QED) is 0.315. The lowest BCUT2D eigenvalue weighted by Crippen LogP contribution is -2.46. The molecule has 9 nitrogen and oxygen atoms in total. The molecular weight excluding hydrogens is 521 g/mol. The van der Waals surface area contributed by atoms with Crippen molar-refractivity contribution in [3.05, 3.63) is 114 Å². The minimum atomic E-state index is -3.80. The fourth-order valence-electron chi connectivity index (χ4n) is 3.95. The summed E-state index contributed by atoms with van der Waals surface area (Å²) in [6.45, 7) is 0.0763. The number of halogens is 1. The van der Waals surface area contributed by atoms with Crippen molar-refractivity contribution in [2.75, 3.05) is 12.4 Å². The van der Waals surface area contributed by atoms with E-state index in [1.165, 1.54) is 60.5 Å². The average Bonchev–Trinajstić information content (AvgIpc) is 3.35. The highest BCUT2D eigenvalue weighted by Crippen LogP contribution is 2.18. The van der Waals surface area contributed by atoms with Crippen molar-refractivity contribution in [3.8, 4) is 0 Å². The number of carbonyl (C=O) groups excluding carboxylic acids is 2. The fourth-order valence-corrected chi connectivity index (χ4v) is 4.95. The Kier molecular flexibility index (Phi) is 8.52. The van der Waals surface area contributed by atoms with Crippen molar-refractivity contribution >= 4 is 27.5 Å². The molecule has 0 saturated heterocycles. The molecule has 1 heterocycles. The molecule has 0 aliphatic rings. The predicted octanol–water partition coefficient (Wildman–Crippen LogP) is 3.36. The lowest BCUT2D eigenvalue weighted by atomic mass is 10.0. The first-order valence-corrected chi connectivity index (χ1v) is 13.6. The Labute approximate surface area is 226 Å². The molecule has 2 amide bonds. The zero-order valence-electron chi connectivity index (χ0n) is 21.4. The van der Waals surface area contributed by atoms with Crippen LogP contribution in [0.15, 0.2) is 96.0 Å². The van der Waals surface area contributed by atoms with Crippen molar-refractivity contribution in [1.82, 2.24) is 19.4 Å². The lowest BCUT2D eigenvalue weighted by molar-refractivity contribution is -0.120. The van der Waals surface area contributed by atoms with Gasteiger partial charge in [0.2, 0.25) is 15.9 Å². The molecule has 202 valence electrons. The second kappa shape index (κ2) is 12.0. The zero-order chi connectivity index (χ0) is 28.0. The van der Waals surface area contributed by atoms with Crippen LogP contribution in [0, 0.1) is 5.82 Å². The Morgan fingerprint density at radius 1 is 0.974 bits per heavy atom. The first kappa shape index (κ1) is 27.7. The van der Waals surface area contributed by atoms with Crippen molar-refractivity contribution in [3.63, 3.8) is 0 Å². The number of nitrogens with zero attached hydrogens (tertiary/aromatic N) is 3. The summed E-state index contributed by atoms with van der Waals surface area (Å²) in [7, 11) is -0.562. The number of amides is 2. The summed E-state index contributed by atoms with van der Waals surface area (Å²) in [5, 5.41) is 6.80. The number of likely N-dealkylation sites (N-methyl/N-ethyl adjacent to an activating group) is 1. The van der Waals surface area contributed by atoms with Gasteiger partial charge in [0.15, 0.2) is 0 Å². The van der Waals surface area contributed by atoms with E-state index in [-0.39, 0.29) is 23.4 Å². The van der Waals surface area contributed by atoms with Crippen LogP contribution in [0.1, 0.15) is 21.6 Å². The molecule has 3 aromatic carbocycles. The van der Waals surface area contributed by atoms with Gasteiger partial charge in [0.05, 0.1) is 17.1 Å². The van der Waals surface area contributed by atoms with Gasteiger partial charge in [-0.05, 0) is 60.2 Å². The Hall–Kier alpha value is -4.35. The molecule has 1 aromatic heterocycles. The third-order valence-electron chi connectivity index (χ3n) is 6.25. The number of nitrogens with one attached hydrogen (secondary N) is 2. The van der Waals surface area contributed by atoms with Gasteiger partial charge in [0.25, 0.3) is 5.91 Å². The van der Waals surface area contributed by atoms with Gasteiger partial charge in [-0.25, -0.2) is 17.5 Å². The number of aromatic nitrogens is 2. The summed E-state index contributed by atoms with van der Waals surface area (Å²) in [5.41, 5.74) is 2.16. The Balaban J connectivity index is 1.49. The molecular formula is C28H28FN5O4S.